The Bertz CT molecular complexity index is 599. The molecular formula is C16H17N3O2. The van der Waals surface area contributed by atoms with Gasteiger partial charge in [0.1, 0.15) is 0 Å². The first-order valence-electron chi connectivity index (χ1n) is 6.61. The maximum Gasteiger partial charge on any atom is 0.269 e. The van der Waals surface area contributed by atoms with Crippen molar-refractivity contribution >= 4 is 11.8 Å². The van der Waals surface area contributed by atoms with Crippen LogP contribution >= 0.6 is 0 Å². The van der Waals surface area contributed by atoms with E-state index in [0.717, 1.165) is 5.56 Å². The molecule has 0 aliphatic heterocycles. The molecule has 2 amide bonds. The summed E-state index contributed by atoms with van der Waals surface area (Å²) in [6.45, 7) is 0. The Balaban J connectivity index is 1.83. The van der Waals surface area contributed by atoms with Gasteiger partial charge in [-0.2, -0.15) is 0 Å². The summed E-state index contributed by atoms with van der Waals surface area (Å²) in [5.74, 6) is -0.806. The lowest BCUT2D eigenvalue weighted by atomic mass is 10.1. The van der Waals surface area contributed by atoms with Crippen molar-refractivity contribution in [2.75, 3.05) is 0 Å². The Kier molecular flexibility index (Phi) is 5.06. The van der Waals surface area contributed by atoms with Crippen LogP contribution in [0.25, 0.3) is 0 Å². The third-order valence-corrected chi connectivity index (χ3v) is 2.97. The molecule has 5 nitrogen and oxygen atoms in total. The minimum atomic E-state index is -0.719. The first kappa shape index (κ1) is 14.7. The molecule has 0 saturated heterocycles. The lowest BCUT2D eigenvalue weighted by Crippen LogP contribution is -2.50. The van der Waals surface area contributed by atoms with Gasteiger partial charge in [0.2, 0.25) is 0 Å². The maximum absolute atomic E-state index is 11.8. The predicted octanol–water partition coefficient (Wildman–Crippen LogP) is 1.02. The summed E-state index contributed by atoms with van der Waals surface area (Å²) in [6, 6.07) is 17.4. The highest BCUT2D eigenvalue weighted by Crippen LogP contribution is 2.02. The van der Waals surface area contributed by atoms with Gasteiger partial charge in [-0.05, 0) is 24.1 Å². The third kappa shape index (κ3) is 4.43. The Morgan fingerprint density at radius 3 is 2.10 bits per heavy atom. The molecule has 0 radical (unpaired) electrons. The molecule has 5 heteroatoms. The van der Waals surface area contributed by atoms with E-state index in [1.54, 1.807) is 24.3 Å². The molecule has 0 saturated carbocycles. The van der Waals surface area contributed by atoms with E-state index in [9.17, 15) is 9.59 Å². The molecule has 21 heavy (non-hydrogen) atoms. The second-order valence-corrected chi connectivity index (χ2v) is 4.61. The average Bonchev–Trinajstić information content (AvgIpc) is 2.54. The minimum absolute atomic E-state index is 0.379. The number of carbonyl (C=O) groups is 2. The van der Waals surface area contributed by atoms with Crippen LogP contribution in [0.4, 0.5) is 0 Å². The molecule has 108 valence electrons. The Morgan fingerprint density at radius 1 is 0.905 bits per heavy atom. The number of hydrazine groups is 1. The van der Waals surface area contributed by atoms with Gasteiger partial charge in [0.05, 0.1) is 6.04 Å². The SMILES string of the molecule is N[C@@H](Cc1ccccc1)C(=O)NNC(=O)c1ccccc1. The van der Waals surface area contributed by atoms with E-state index < -0.39 is 11.9 Å². The van der Waals surface area contributed by atoms with Crippen molar-refractivity contribution in [3.8, 4) is 0 Å². The van der Waals surface area contributed by atoms with Crippen LogP contribution in [-0.4, -0.2) is 17.9 Å². The molecule has 0 heterocycles. The van der Waals surface area contributed by atoms with Crippen molar-refractivity contribution in [3.63, 3.8) is 0 Å². The molecule has 1 atom stereocenters. The molecule has 0 spiro atoms. The summed E-state index contributed by atoms with van der Waals surface area (Å²) < 4.78 is 0. The molecule has 2 aromatic carbocycles. The standard InChI is InChI=1S/C16H17N3O2/c17-14(11-12-7-3-1-4-8-12)16(21)19-18-15(20)13-9-5-2-6-10-13/h1-10,14H,11,17H2,(H,18,20)(H,19,21)/t14-/m0/s1. The van der Waals surface area contributed by atoms with Crippen molar-refractivity contribution in [3.05, 3.63) is 71.8 Å². The molecule has 0 unspecified atom stereocenters. The number of nitrogens with one attached hydrogen (secondary N) is 2. The zero-order valence-electron chi connectivity index (χ0n) is 11.5. The Labute approximate surface area is 123 Å². The maximum atomic E-state index is 11.8. The largest absolute Gasteiger partial charge is 0.320 e. The molecule has 0 aliphatic rings. The second-order valence-electron chi connectivity index (χ2n) is 4.61. The first-order chi connectivity index (χ1) is 10.2. The van der Waals surface area contributed by atoms with Crippen molar-refractivity contribution in [2.45, 2.75) is 12.5 Å². The van der Waals surface area contributed by atoms with Crippen LogP contribution in [0.1, 0.15) is 15.9 Å². The van der Waals surface area contributed by atoms with E-state index in [4.69, 9.17) is 5.73 Å². The quantitative estimate of drug-likeness (QED) is 0.732. The lowest BCUT2D eigenvalue weighted by Gasteiger charge is -2.13. The number of benzene rings is 2. The van der Waals surface area contributed by atoms with Gasteiger partial charge in [0.25, 0.3) is 11.8 Å². The summed E-state index contributed by atoms with van der Waals surface area (Å²) in [5, 5.41) is 0. The predicted molar refractivity (Wildman–Crippen MR) is 80.2 cm³/mol. The molecule has 0 aliphatic carbocycles. The number of hydrogen-bond donors (Lipinski definition) is 3. The van der Waals surface area contributed by atoms with Gasteiger partial charge in [-0.3, -0.25) is 20.4 Å². The highest BCUT2D eigenvalue weighted by Gasteiger charge is 2.15. The molecule has 4 N–H and O–H groups in total. The minimum Gasteiger partial charge on any atom is -0.320 e. The number of carbonyl (C=O) groups excluding carboxylic acids is 2. The zero-order chi connectivity index (χ0) is 15.1. The van der Waals surface area contributed by atoms with Crippen molar-refractivity contribution in [1.29, 1.82) is 0 Å². The fourth-order valence-electron chi connectivity index (χ4n) is 1.83. The molecule has 0 aromatic heterocycles. The first-order valence-corrected chi connectivity index (χ1v) is 6.61. The van der Waals surface area contributed by atoms with E-state index in [-0.39, 0.29) is 5.91 Å². The number of amides is 2. The highest BCUT2D eigenvalue weighted by atomic mass is 16.2. The van der Waals surface area contributed by atoms with E-state index in [2.05, 4.69) is 10.9 Å². The summed E-state index contributed by atoms with van der Waals surface area (Å²) in [6.07, 6.45) is 0.411. The lowest BCUT2D eigenvalue weighted by molar-refractivity contribution is -0.123. The fraction of sp³-hybridized carbons (Fsp3) is 0.125. The van der Waals surface area contributed by atoms with Gasteiger partial charge >= 0.3 is 0 Å². The average molecular weight is 283 g/mol. The Morgan fingerprint density at radius 2 is 1.48 bits per heavy atom. The van der Waals surface area contributed by atoms with Gasteiger partial charge in [-0.1, -0.05) is 48.5 Å². The Hall–Kier alpha value is -2.66. The fourth-order valence-corrected chi connectivity index (χ4v) is 1.83. The molecular weight excluding hydrogens is 266 g/mol. The topological polar surface area (TPSA) is 84.2 Å². The van der Waals surface area contributed by atoms with Crippen LogP contribution in [0.2, 0.25) is 0 Å². The zero-order valence-corrected chi connectivity index (χ0v) is 11.5. The van der Waals surface area contributed by atoms with E-state index in [1.165, 1.54) is 0 Å². The van der Waals surface area contributed by atoms with Gasteiger partial charge in [0, 0.05) is 5.56 Å². The van der Waals surface area contributed by atoms with Crippen LogP contribution in [0.5, 0.6) is 0 Å². The summed E-state index contributed by atoms with van der Waals surface area (Å²) in [5.41, 5.74) is 11.9. The smallest absolute Gasteiger partial charge is 0.269 e. The molecule has 2 aromatic rings. The second kappa shape index (κ2) is 7.21. The summed E-state index contributed by atoms with van der Waals surface area (Å²) >= 11 is 0. The summed E-state index contributed by atoms with van der Waals surface area (Å²) in [7, 11) is 0. The third-order valence-electron chi connectivity index (χ3n) is 2.97. The number of rotatable bonds is 4. The molecule has 0 fully saturated rings. The van der Waals surface area contributed by atoms with Crippen molar-refractivity contribution in [1.82, 2.24) is 10.9 Å². The van der Waals surface area contributed by atoms with Crippen molar-refractivity contribution < 1.29 is 9.59 Å². The molecule has 0 bridgehead atoms. The highest BCUT2D eigenvalue weighted by molar-refractivity contribution is 5.95. The monoisotopic (exact) mass is 283 g/mol. The normalized spacial score (nSPS) is 11.5. The number of hydrogen-bond acceptors (Lipinski definition) is 3. The van der Waals surface area contributed by atoms with Crippen LogP contribution in [0.15, 0.2) is 60.7 Å². The van der Waals surface area contributed by atoms with Crippen LogP contribution in [-0.2, 0) is 11.2 Å². The molecule has 2 rings (SSSR count). The van der Waals surface area contributed by atoms with Gasteiger partial charge in [0.15, 0.2) is 0 Å². The van der Waals surface area contributed by atoms with Crippen LogP contribution < -0.4 is 16.6 Å². The summed E-state index contributed by atoms with van der Waals surface area (Å²) in [4.78, 5) is 23.6. The van der Waals surface area contributed by atoms with E-state index in [1.807, 2.05) is 36.4 Å². The van der Waals surface area contributed by atoms with Gasteiger partial charge < -0.3 is 5.73 Å². The van der Waals surface area contributed by atoms with E-state index in [0.29, 0.717) is 12.0 Å². The number of nitrogens with two attached hydrogens (primary N) is 1. The van der Waals surface area contributed by atoms with Gasteiger partial charge in [-0.25, -0.2) is 0 Å². The van der Waals surface area contributed by atoms with Crippen molar-refractivity contribution in [2.24, 2.45) is 5.73 Å². The van der Waals surface area contributed by atoms with Crippen LogP contribution in [0.3, 0.4) is 0 Å². The van der Waals surface area contributed by atoms with Gasteiger partial charge in [-0.15, -0.1) is 0 Å². The van der Waals surface area contributed by atoms with E-state index >= 15 is 0 Å². The van der Waals surface area contributed by atoms with Crippen LogP contribution in [0, 0.1) is 0 Å².